The Kier molecular flexibility index (Phi) is 8.75. The van der Waals surface area contributed by atoms with Crippen LogP contribution in [0, 0.1) is 0 Å². The lowest BCUT2D eigenvalue weighted by atomic mass is 9.95. The third-order valence-electron chi connectivity index (χ3n) is 12.0. The second kappa shape index (κ2) is 15.2. The van der Waals surface area contributed by atoms with Crippen LogP contribution in [-0.4, -0.2) is 24.5 Å². The predicted molar refractivity (Wildman–Crippen MR) is 260 cm³/mol. The number of nitrogens with zero attached hydrogens (tertiary/aromatic N) is 5. The first-order valence-electron chi connectivity index (χ1n) is 21.2. The summed E-state index contributed by atoms with van der Waals surface area (Å²) in [5.74, 6) is 1.89. The molecule has 5 nitrogen and oxygen atoms in total. The highest BCUT2D eigenvalue weighted by Crippen LogP contribution is 2.43. The second-order valence-corrected chi connectivity index (χ2v) is 15.8. The highest BCUT2D eigenvalue weighted by atomic mass is 15.0. The Bertz CT molecular complexity index is 3640. The molecule has 0 saturated heterocycles. The SMILES string of the molecule is c1ccc(-c2cccc(-c3nc(-c4ccccc4)nc(-c4ccc(-c5ccc6c7c8c(ccc7n(-c7ccccc7)c6c5)c(-c5ccccc5)nc5ccccc58)cc4)n3)c2)cc1. The van der Waals surface area contributed by atoms with Gasteiger partial charge in [-0.3, -0.25) is 0 Å². The van der Waals surface area contributed by atoms with Gasteiger partial charge in [0.05, 0.1) is 22.2 Å². The van der Waals surface area contributed by atoms with Crippen LogP contribution >= 0.6 is 0 Å². The van der Waals surface area contributed by atoms with Gasteiger partial charge in [-0.15, -0.1) is 0 Å². The summed E-state index contributed by atoms with van der Waals surface area (Å²) in [6.07, 6.45) is 0. The number of rotatable bonds is 7. The summed E-state index contributed by atoms with van der Waals surface area (Å²) in [5, 5.41) is 5.91. The third-order valence-corrected chi connectivity index (χ3v) is 12.0. The third kappa shape index (κ3) is 6.42. The molecular formula is C58H37N5. The van der Waals surface area contributed by atoms with Crippen LogP contribution in [-0.2, 0) is 0 Å². The Hall–Kier alpha value is -8.54. The van der Waals surface area contributed by atoms with Crippen LogP contribution in [0.5, 0.6) is 0 Å². The molecule has 12 aromatic rings. The van der Waals surface area contributed by atoms with Crippen molar-refractivity contribution >= 4 is 43.5 Å². The minimum Gasteiger partial charge on any atom is -0.309 e. The van der Waals surface area contributed by atoms with E-state index >= 15 is 0 Å². The van der Waals surface area contributed by atoms with E-state index in [1.165, 1.54) is 16.2 Å². The highest BCUT2D eigenvalue weighted by Gasteiger charge is 2.20. The first kappa shape index (κ1) is 36.3. The molecule has 3 aromatic heterocycles. The summed E-state index contributed by atoms with van der Waals surface area (Å²) in [5.41, 5.74) is 13.7. The minimum atomic E-state index is 0.624. The van der Waals surface area contributed by atoms with E-state index < -0.39 is 0 Å². The summed E-state index contributed by atoms with van der Waals surface area (Å²) in [6.45, 7) is 0. The predicted octanol–water partition coefficient (Wildman–Crippen LogP) is 14.7. The van der Waals surface area contributed by atoms with E-state index in [1.54, 1.807) is 0 Å². The molecule has 0 aliphatic rings. The standard InChI is InChI=1S/C58H37N5/c1-5-16-38(17-6-1)43-22-15-23-45(36-43)58-61-56(41-20-9-3-10-21-41)60-57(62-58)42-30-28-39(29-31-42)44-32-33-48-52(37-44)63(46-24-11-4-12-25-46)51-35-34-49-53(54(48)51)47-26-13-14-27-50(47)59-55(49)40-18-7-2-8-19-40/h1-37H. The van der Waals surface area contributed by atoms with E-state index in [0.717, 1.165) is 83.2 Å². The summed E-state index contributed by atoms with van der Waals surface area (Å²) in [4.78, 5) is 20.4. The maximum atomic E-state index is 5.24. The molecule has 0 aliphatic carbocycles. The van der Waals surface area contributed by atoms with Gasteiger partial charge in [0.15, 0.2) is 17.5 Å². The largest absolute Gasteiger partial charge is 0.309 e. The first-order valence-corrected chi connectivity index (χ1v) is 21.2. The van der Waals surface area contributed by atoms with E-state index in [1.807, 2.05) is 36.4 Å². The van der Waals surface area contributed by atoms with Gasteiger partial charge in [0.1, 0.15) is 0 Å². The average Bonchev–Trinajstić information content (AvgIpc) is 3.71. The molecule has 0 amide bonds. The molecule has 0 spiro atoms. The highest BCUT2D eigenvalue weighted by molar-refractivity contribution is 6.29. The van der Waals surface area contributed by atoms with Crippen molar-refractivity contribution in [2.24, 2.45) is 0 Å². The van der Waals surface area contributed by atoms with Gasteiger partial charge >= 0.3 is 0 Å². The lowest BCUT2D eigenvalue weighted by Gasteiger charge is -2.12. The molecule has 0 bridgehead atoms. The summed E-state index contributed by atoms with van der Waals surface area (Å²) in [7, 11) is 0. The zero-order chi connectivity index (χ0) is 41.7. The van der Waals surface area contributed by atoms with Gasteiger partial charge in [0.2, 0.25) is 0 Å². The van der Waals surface area contributed by atoms with Crippen LogP contribution in [0.2, 0.25) is 0 Å². The minimum absolute atomic E-state index is 0.624. The average molecular weight is 804 g/mol. The van der Waals surface area contributed by atoms with E-state index in [2.05, 4.69) is 193 Å². The molecule has 0 N–H and O–H groups in total. The monoisotopic (exact) mass is 803 g/mol. The molecular weight excluding hydrogens is 767 g/mol. The number of aromatic nitrogens is 5. The van der Waals surface area contributed by atoms with Gasteiger partial charge in [0.25, 0.3) is 0 Å². The molecule has 294 valence electrons. The maximum Gasteiger partial charge on any atom is 0.164 e. The van der Waals surface area contributed by atoms with Crippen LogP contribution in [0.4, 0.5) is 0 Å². The number of hydrogen-bond donors (Lipinski definition) is 0. The quantitative estimate of drug-likeness (QED) is 0.151. The van der Waals surface area contributed by atoms with Gasteiger partial charge in [0, 0.05) is 54.9 Å². The molecule has 0 unspecified atom stereocenters. The van der Waals surface area contributed by atoms with E-state index in [4.69, 9.17) is 19.9 Å². The van der Waals surface area contributed by atoms with Crippen LogP contribution in [0.15, 0.2) is 224 Å². The Labute approximate surface area is 364 Å². The Morgan fingerprint density at radius 1 is 0.270 bits per heavy atom. The zero-order valence-corrected chi connectivity index (χ0v) is 34.1. The van der Waals surface area contributed by atoms with Crippen molar-refractivity contribution < 1.29 is 0 Å². The Balaban J connectivity index is 1.00. The summed E-state index contributed by atoms with van der Waals surface area (Å²) >= 11 is 0. The molecule has 3 heterocycles. The molecule has 0 saturated carbocycles. The van der Waals surface area contributed by atoms with Crippen LogP contribution in [0.1, 0.15) is 0 Å². The molecule has 0 fully saturated rings. The van der Waals surface area contributed by atoms with Gasteiger partial charge in [-0.1, -0.05) is 188 Å². The fraction of sp³-hybridized carbons (Fsp3) is 0. The van der Waals surface area contributed by atoms with Gasteiger partial charge in [-0.25, -0.2) is 19.9 Å². The normalized spacial score (nSPS) is 11.5. The fourth-order valence-corrected chi connectivity index (χ4v) is 9.03. The first-order chi connectivity index (χ1) is 31.2. The van der Waals surface area contributed by atoms with Crippen molar-refractivity contribution in [3.05, 3.63) is 224 Å². The molecule has 9 aromatic carbocycles. The smallest absolute Gasteiger partial charge is 0.164 e. The van der Waals surface area contributed by atoms with Crippen LogP contribution < -0.4 is 0 Å². The van der Waals surface area contributed by atoms with Gasteiger partial charge < -0.3 is 4.57 Å². The van der Waals surface area contributed by atoms with Crippen molar-refractivity contribution in [2.45, 2.75) is 0 Å². The summed E-state index contributed by atoms with van der Waals surface area (Å²) < 4.78 is 2.41. The maximum absolute atomic E-state index is 5.24. The molecule has 5 heteroatoms. The molecule has 0 aliphatic heterocycles. The Morgan fingerprint density at radius 3 is 1.48 bits per heavy atom. The lowest BCUT2D eigenvalue weighted by molar-refractivity contribution is 1.07. The molecule has 63 heavy (non-hydrogen) atoms. The van der Waals surface area contributed by atoms with E-state index in [9.17, 15) is 0 Å². The lowest BCUT2D eigenvalue weighted by Crippen LogP contribution is -2.00. The number of fused-ring (bicyclic) bond motifs is 7. The van der Waals surface area contributed by atoms with Crippen molar-refractivity contribution in [3.8, 4) is 73.4 Å². The topological polar surface area (TPSA) is 56.5 Å². The number of benzene rings is 9. The van der Waals surface area contributed by atoms with Crippen molar-refractivity contribution in [2.75, 3.05) is 0 Å². The van der Waals surface area contributed by atoms with E-state index in [-0.39, 0.29) is 0 Å². The van der Waals surface area contributed by atoms with Crippen molar-refractivity contribution in [1.29, 1.82) is 0 Å². The zero-order valence-electron chi connectivity index (χ0n) is 34.1. The summed E-state index contributed by atoms with van der Waals surface area (Å²) in [6, 6.07) is 78.7. The molecule has 0 radical (unpaired) electrons. The molecule has 0 atom stereocenters. The number of para-hydroxylation sites is 2. The van der Waals surface area contributed by atoms with Gasteiger partial charge in [-0.2, -0.15) is 0 Å². The van der Waals surface area contributed by atoms with Gasteiger partial charge in [-0.05, 0) is 58.7 Å². The van der Waals surface area contributed by atoms with Crippen LogP contribution in [0.25, 0.3) is 117 Å². The number of pyridine rings is 1. The van der Waals surface area contributed by atoms with Crippen molar-refractivity contribution in [1.82, 2.24) is 24.5 Å². The van der Waals surface area contributed by atoms with Crippen molar-refractivity contribution in [3.63, 3.8) is 0 Å². The number of hydrogen-bond acceptors (Lipinski definition) is 4. The second-order valence-electron chi connectivity index (χ2n) is 15.8. The molecule has 12 rings (SSSR count). The fourth-order valence-electron chi connectivity index (χ4n) is 9.03. The Morgan fingerprint density at radius 2 is 0.762 bits per heavy atom. The van der Waals surface area contributed by atoms with E-state index in [0.29, 0.717) is 17.5 Å². The van der Waals surface area contributed by atoms with Crippen LogP contribution in [0.3, 0.4) is 0 Å².